The van der Waals surface area contributed by atoms with E-state index in [4.69, 9.17) is 16.9 Å². The highest BCUT2D eigenvalue weighted by Gasteiger charge is 2.16. The second-order valence-corrected chi connectivity index (χ2v) is 4.32. The van der Waals surface area contributed by atoms with Crippen LogP contribution >= 0.6 is 11.6 Å². The first-order valence-corrected chi connectivity index (χ1v) is 5.38. The lowest BCUT2D eigenvalue weighted by atomic mass is 10.0. The first-order chi connectivity index (χ1) is 7.56. The number of halogens is 1. The molecule has 2 heterocycles. The van der Waals surface area contributed by atoms with E-state index in [-0.39, 0.29) is 5.92 Å². The second kappa shape index (κ2) is 3.76. The van der Waals surface area contributed by atoms with E-state index in [1.807, 2.05) is 13.0 Å². The Morgan fingerprint density at radius 3 is 2.75 bits per heavy atom. The fraction of sp³-hybridized carbons (Fsp3) is 0.364. The van der Waals surface area contributed by atoms with E-state index in [0.29, 0.717) is 16.4 Å². The molecule has 16 heavy (non-hydrogen) atoms. The van der Waals surface area contributed by atoms with Gasteiger partial charge in [-0.3, -0.25) is 0 Å². The summed E-state index contributed by atoms with van der Waals surface area (Å²) in [7, 11) is 0. The lowest BCUT2D eigenvalue weighted by Crippen LogP contribution is -2.04. The van der Waals surface area contributed by atoms with E-state index in [9.17, 15) is 0 Å². The number of hydrogen-bond acceptors (Lipinski definition) is 3. The number of rotatable bonds is 1. The summed E-state index contributed by atoms with van der Waals surface area (Å²) in [5.74, 6) is 0.277. The molecule has 2 aromatic heterocycles. The first-order valence-electron chi connectivity index (χ1n) is 5.00. The molecule has 0 amide bonds. The Bertz CT molecular complexity index is 592. The van der Waals surface area contributed by atoms with Gasteiger partial charge in [-0.1, -0.05) is 25.4 Å². The molecular weight excluding hydrogens is 224 g/mol. The van der Waals surface area contributed by atoms with Gasteiger partial charge in [0.1, 0.15) is 16.8 Å². The molecule has 2 aromatic rings. The van der Waals surface area contributed by atoms with Gasteiger partial charge in [0.2, 0.25) is 0 Å². The maximum atomic E-state index is 8.90. The molecule has 0 saturated heterocycles. The zero-order valence-electron chi connectivity index (χ0n) is 9.32. The van der Waals surface area contributed by atoms with E-state index in [2.05, 4.69) is 23.9 Å². The Morgan fingerprint density at radius 1 is 1.50 bits per heavy atom. The van der Waals surface area contributed by atoms with Crippen LogP contribution in [0.4, 0.5) is 0 Å². The summed E-state index contributed by atoms with van der Waals surface area (Å²) in [6.45, 7) is 6.00. The van der Waals surface area contributed by atoms with Crippen molar-refractivity contribution in [1.82, 2.24) is 14.6 Å². The minimum absolute atomic E-state index is 0.277. The highest BCUT2D eigenvalue weighted by molar-refractivity contribution is 6.30. The molecule has 0 bridgehead atoms. The number of nitriles is 1. The van der Waals surface area contributed by atoms with Crippen molar-refractivity contribution in [2.75, 3.05) is 0 Å². The van der Waals surface area contributed by atoms with Crippen LogP contribution in [0.1, 0.15) is 36.6 Å². The van der Waals surface area contributed by atoms with Crippen LogP contribution in [-0.2, 0) is 0 Å². The van der Waals surface area contributed by atoms with Crippen molar-refractivity contribution in [3.63, 3.8) is 0 Å². The molecule has 82 valence electrons. The van der Waals surface area contributed by atoms with Crippen LogP contribution in [0, 0.1) is 18.3 Å². The number of aryl methyl sites for hydroxylation is 1. The standard InChI is InChI=1S/C11H11ClN4/c1-6(2)9-7(3)15-11-8(4-13)5-14-16(11)10(9)12/h5-6H,1-3H3. The van der Waals surface area contributed by atoms with Crippen LogP contribution in [0.2, 0.25) is 5.15 Å². The monoisotopic (exact) mass is 234 g/mol. The molecule has 0 atom stereocenters. The molecule has 0 aliphatic heterocycles. The molecule has 4 nitrogen and oxygen atoms in total. The minimum Gasteiger partial charge on any atom is -0.232 e. The number of hydrogen-bond donors (Lipinski definition) is 0. The smallest absolute Gasteiger partial charge is 0.174 e. The average Bonchev–Trinajstić information content (AvgIpc) is 2.60. The van der Waals surface area contributed by atoms with Crippen LogP contribution in [-0.4, -0.2) is 14.6 Å². The predicted octanol–water partition coefficient (Wildman–Crippen LogP) is 2.69. The molecular formula is C11H11ClN4. The Hall–Kier alpha value is -1.60. The summed E-state index contributed by atoms with van der Waals surface area (Å²) in [5, 5.41) is 13.5. The molecule has 0 N–H and O–H groups in total. The molecule has 0 fully saturated rings. The topological polar surface area (TPSA) is 54.0 Å². The number of nitrogens with zero attached hydrogens (tertiary/aromatic N) is 4. The van der Waals surface area contributed by atoms with Crippen molar-refractivity contribution in [2.45, 2.75) is 26.7 Å². The normalized spacial score (nSPS) is 11.0. The van der Waals surface area contributed by atoms with Crippen LogP contribution < -0.4 is 0 Å². The lowest BCUT2D eigenvalue weighted by Gasteiger charge is -2.12. The predicted molar refractivity (Wildman–Crippen MR) is 61.5 cm³/mol. The summed E-state index contributed by atoms with van der Waals surface area (Å²) >= 11 is 6.26. The van der Waals surface area contributed by atoms with Crippen molar-refractivity contribution in [3.8, 4) is 6.07 Å². The quantitative estimate of drug-likeness (QED) is 0.713. The Labute approximate surface area is 98.5 Å². The van der Waals surface area contributed by atoms with Crippen molar-refractivity contribution in [1.29, 1.82) is 5.26 Å². The lowest BCUT2D eigenvalue weighted by molar-refractivity contribution is 0.807. The van der Waals surface area contributed by atoms with Crippen LogP contribution in [0.25, 0.3) is 5.65 Å². The summed E-state index contributed by atoms with van der Waals surface area (Å²) in [4.78, 5) is 4.38. The summed E-state index contributed by atoms with van der Waals surface area (Å²) in [6.07, 6.45) is 1.48. The third-order valence-corrected chi connectivity index (χ3v) is 2.88. The van der Waals surface area contributed by atoms with E-state index < -0.39 is 0 Å². The molecule has 0 aliphatic rings. The van der Waals surface area contributed by atoms with Crippen LogP contribution in [0.15, 0.2) is 6.20 Å². The Balaban J connectivity index is 2.86. The van der Waals surface area contributed by atoms with E-state index in [1.165, 1.54) is 10.7 Å². The molecule has 0 unspecified atom stereocenters. The van der Waals surface area contributed by atoms with E-state index in [0.717, 1.165) is 11.3 Å². The maximum absolute atomic E-state index is 8.90. The maximum Gasteiger partial charge on any atom is 0.174 e. The summed E-state index contributed by atoms with van der Waals surface area (Å²) in [5.41, 5.74) is 2.79. The highest BCUT2D eigenvalue weighted by Crippen LogP contribution is 2.27. The van der Waals surface area contributed by atoms with Crippen molar-refractivity contribution in [2.24, 2.45) is 0 Å². The highest BCUT2D eigenvalue weighted by atomic mass is 35.5. The summed E-state index contributed by atoms with van der Waals surface area (Å²) < 4.78 is 1.52. The SMILES string of the molecule is Cc1nc2c(C#N)cnn2c(Cl)c1C(C)C. The fourth-order valence-corrected chi connectivity index (χ4v) is 2.29. The van der Waals surface area contributed by atoms with Gasteiger partial charge in [0, 0.05) is 11.3 Å². The molecule has 5 heteroatoms. The largest absolute Gasteiger partial charge is 0.232 e. The van der Waals surface area contributed by atoms with E-state index in [1.54, 1.807) is 0 Å². The summed E-state index contributed by atoms with van der Waals surface area (Å²) in [6, 6.07) is 2.05. The Morgan fingerprint density at radius 2 is 2.19 bits per heavy atom. The van der Waals surface area contributed by atoms with Crippen molar-refractivity contribution >= 4 is 17.2 Å². The van der Waals surface area contributed by atoms with Crippen LogP contribution in [0.5, 0.6) is 0 Å². The van der Waals surface area contributed by atoms with Gasteiger partial charge in [-0.2, -0.15) is 10.4 Å². The molecule has 0 saturated carbocycles. The molecule has 0 aromatic carbocycles. The minimum atomic E-state index is 0.277. The zero-order chi connectivity index (χ0) is 11.9. The number of fused-ring (bicyclic) bond motifs is 1. The van der Waals surface area contributed by atoms with Crippen molar-refractivity contribution in [3.05, 3.63) is 28.2 Å². The zero-order valence-corrected chi connectivity index (χ0v) is 10.1. The van der Waals surface area contributed by atoms with Gasteiger partial charge >= 0.3 is 0 Å². The number of aromatic nitrogens is 3. The van der Waals surface area contributed by atoms with Gasteiger partial charge < -0.3 is 0 Å². The van der Waals surface area contributed by atoms with Crippen molar-refractivity contribution < 1.29 is 0 Å². The third-order valence-electron chi connectivity index (χ3n) is 2.51. The average molecular weight is 235 g/mol. The Kier molecular flexibility index (Phi) is 2.56. The molecule has 0 spiro atoms. The van der Waals surface area contributed by atoms with E-state index >= 15 is 0 Å². The van der Waals surface area contributed by atoms with Gasteiger partial charge in [-0.05, 0) is 12.8 Å². The fourth-order valence-electron chi connectivity index (χ4n) is 1.81. The second-order valence-electron chi connectivity index (χ2n) is 3.96. The van der Waals surface area contributed by atoms with Gasteiger partial charge in [-0.25, -0.2) is 9.50 Å². The van der Waals surface area contributed by atoms with Gasteiger partial charge in [0.15, 0.2) is 5.65 Å². The van der Waals surface area contributed by atoms with Gasteiger partial charge in [0.25, 0.3) is 0 Å². The first kappa shape index (κ1) is 10.9. The van der Waals surface area contributed by atoms with Crippen LogP contribution in [0.3, 0.4) is 0 Å². The van der Waals surface area contributed by atoms with Gasteiger partial charge in [0.05, 0.1) is 6.20 Å². The molecule has 0 radical (unpaired) electrons. The molecule has 0 aliphatic carbocycles. The third kappa shape index (κ3) is 1.44. The molecule has 2 rings (SSSR count). The van der Waals surface area contributed by atoms with Gasteiger partial charge in [-0.15, -0.1) is 0 Å².